The molecule has 2 bridgehead atoms. The molecule has 39 heavy (non-hydrogen) atoms. The molecule has 2 aliphatic rings. The third kappa shape index (κ3) is 4.07. The molecule has 202 valence electrons. The fourth-order valence-corrected chi connectivity index (χ4v) is 7.37. The van der Waals surface area contributed by atoms with E-state index in [1.165, 1.54) is 24.5 Å². The van der Waals surface area contributed by atoms with Crippen LogP contribution in [-0.2, 0) is 21.7 Å². The monoisotopic (exact) mass is 569 g/mol. The van der Waals surface area contributed by atoms with Gasteiger partial charge < -0.3 is 0 Å². The summed E-state index contributed by atoms with van der Waals surface area (Å²) in [5, 5.41) is 13.7. The second-order valence-electron chi connectivity index (χ2n) is 11.0. The van der Waals surface area contributed by atoms with Crippen molar-refractivity contribution in [3.8, 4) is 17.1 Å². The van der Waals surface area contributed by atoms with Gasteiger partial charge >= 0.3 is 0 Å². The zero-order valence-electron chi connectivity index (χ0n) is 21.6. The SMILES string of the molecule is CC1(C)[C@H]2CC[C@]1(c1cc(Cl)nc(-n3ccc(CCS(C)(=O)=O)n3)c1)c1nnc(-c3c(F)cccc3F)cc12. The zero-order chi connectivity index (χ0) is 27.7. The highest BCUT2D eigenvalue weighted by Crippen LogP contribution is 2.69. The van der Waals surface area contributed by atoms with E-state index in [0.717, 1.165) is 29.7 Å². The van der Waals surface area contributed by atoms with Gasteiger partial charge in [0, 0.05) is 24.3 Å². The molecule has 2 aliphatic carbocycles. The van der Waals surface area contributed by atoms with Crippen molar-refractivity contribution in [1.82, 2.24) is 25.0 Å². The molecule has 4 aromatic rings. The van der Waals surface area contributed by atoms with Crippen molar-refractivity contribution in [3.63, 3.8) is 0 Å². The lowest BCUT2D eigenvalue weighted by molar-refractivity contribution is 0.248. The molecule has 0 saturated heterocycles. The van der Waals surface area contributed by atoms with Gasteiger partial charge in [-0.25, -0.2) is 26.9 Å². The van der Waals surface area contributed by atoms with Crippen LogP contribution in [0.2, 0.25) is 5.15 Å². The van der Waals surface area contributed by atoms with E-state index in [2.05, 4.69) is 34.1 Å². The number of nitrogens with zero attached hydrogens (tertiary/aromatic N) is 5. The van der Waals surface area contributed by atoms with Crippen LogP contribution in [0.5, 0.6) is 0 Å². The molecule has 0 spiro atoms. The first-order valence-corrected chi connectivity index (χ1v) is 15.1. The molecule has 1 fully saturated rings. The van der Waals surface area contributed by atoms with Crippen LogP contribution in [-0.4, -0.2) is 45.4 Å². The Morgan fingerprint density at radius 1 is 1.10 bits per heavy atom. The number of hydrogen-bond donors (Lipinski definition) is 0. The lowest BCUT2D eigenvalue weighted by Gasteiger charge is -2.38. The molecule has 0 N–H and O–H groups in total. The molecule has 2 atom stereocenters. The topological polar surface area (TPSA) is 90.6 Å². The van der Waals surface area contributed by atoms with E-state index in [-0.39, 0.29) is 33.5 Å². The van der Waals surface area contributed by atoms with Crippen LogP contribution >= 0.6 is 11.6 Å². The maximum Gasteiger partial charge on any atom is 0.155 e. The molecular formula is C28H26ClF2N5O2S. The highest BCUT2D eigenvalue weighted by Gasteiger charge is 2.64. The molecule has 0 radical (unpaired) electrons. The summed E-state index contributed by atoms with van der Waals surface area (Å²) >= 11 is 6.55. The highest BCUT2D eigenvalue weighted by atomic mass is 35.5. The standard InChI is InChI=1S/C28H26ClF2N5O2S/c1-27(2)19-7-10-28(27,26-18(19)15-22(33-34-26)25-20(30)5-4-6-21(25)31)16-13-23(29)32-24(14-16)36-11-8-17(35-36)9-12-39(3,37)38/h4-6,8,11,13-15,19H,7,9-10,12H2,1-3H3/t19-,28-/m0/s1. The Labute approximate surface area is 230 Å². The van der Waals surface area contributed by atoms with E-state index in [1.54, 1.807) is 23.0 Å². The van der Waals surface area contributed by atoms with Crippen LogP contribution in [0.25, 0.3) is 17.1 Å². The van der Waals surface area contributed by atoms with Crippen LogP contribution in [0.3, 0.4) is 0 Å². The average molecular weight is 570 g/mol. The van der Waals surface area contributed by atoms with Gasteiger partial charge in [-0.3, -0.25) is 0 Å². The second-order valence-corrected chi connectivity index (χ2v) is 13.7. The highest BCUT2D eigenvalue weighted by molar-refractivity contribution is 7.90. The minimum atomic E-state index is -3.12. The van der Waals surface area contributed by atoms with Crippen molar-refractivity contribution >= 4 is 21.4 Å². The summed E-state index contributed by atoms with van der Waals surface area (Å²) < 4.78 is 53.9. The van der Waals surface area contributed by atoms with Gasteiger partial charge in [0.05, 0.1) is 28.4 Å². The van der Waals surface area contributed by atoms with Gasteiger partial charge in [0.2, 0.25) is 0 Å². The number of halogens is 3. The number of pyridine rings is 1. The van der Waals surface area contributed by atoms with E-state index in [9.17, 15) is 17.2 Å². The predicted octanol–water partition coefficient (Wildman–Crippen LogP) is 5.45. The van der Waals surface area contributed by atoms with Crippen LogP contribution in [0.15, 0.2) is 48.7 Å². The van der Waals surface area contributed by atoms with Gasteiger partial charge in [-0.05, 0) is 71.7 Å². The summed E-state index contributed by atoms with van der Waals surface area (Å²) in [7, 11) is -3.12. The quantitative estimate of drug-likeness (QED) is 0.287. The number of rotatable bonds is 6. The molecule has 3 heterocycles. The van der Waals surface area contributed by atoms with E-state index in [0.29, 0.717) is 17.9 Å². The fraction of sp³-hybridized carbons (Fsp3) is 0.357. The maximum absolute atomic E-state index is 14.6. The number of aryl methyl sites for hydroxylation is 1. The maximum atomic E-state index is 14.6. The molecule has 7 nitrogen and oxygen atoms in total. The Bertz CT molecular complexity index is 1720. The predicted molar refractivity (Wildman–Crippen MR) is 144 cm³/mol. The molecule has 1 aromatic carbocycles. The number of fused-ring (bicyclic) bond motifs is 5. The summed E-state index contributed by atoms with van der Waals surface area (Å²) in [4.78, 5) is 4.48. The number of aromatic nitrogens is 5. The molecule has 1 saturated carbocycles. The normalized spacial score (nSPS) is 21.3. The first kappa shape index (κ1) is 26.0. The molecular weight excluding hydrogens is 544 g/mol. The Morgan fingerprint density at radius 3 is 2.56 bits per heavy atom. The Hall–Kier alpha value is -3.24. The molecule has 3 aromatic heterocycles. The average Bonchev–Trinajstić information content (AvgIpc) is 3.50. The summed E-state index contributed by atoms with van der Waals surface area (Å²) in [5.74, 6) is -0.739. The summed E-state index contributed by atoms with van der Waals surface area (Å²) in [5.41, 5.74) is 2.44. The van der Waals surface area contributed by atoms with Crippen LogP contribution in [0.4, 0.5) is 8.78 Å². The van der Waals surface area contributed by atoms with Crippen molar-refractivity contribution in [3.05, 3.63) is 88.0 Å². The van der Waals surface area contributed by atoms with Crippen molar-refractivity contribution < 1.29 is 17.2 Å². The third-order valence-electron chi connectivity index (χ3n) is 8.48. The smallest absolute Gasteiger partial charge is 0.155 e. The van der Waals surface area contributed by atoms with E-state index < -0.39 is 26.9 Å². The lowest BCUT2D eigenvalue weighted by atomic mass is 9.64. The summed E-state index contributed by atoms with van der Waals surface area (Å²) in [6.07, 6.45) is 4.91. The third-order valence-corrected chi connectivity index (χ3v) is 9.62. The van der Waals surface area contributed by atoms with Crippen LogP contribution in [0, 0.1) is 17.0 Å². The Balaban J connectivity index is 1.44. The summed E-state index contributed by atoms with van der Waals surface area (Å²) in [6, 6.07) is 11.1. The van der Waals surface area contributed by atoms with E-state index in [4.69, 9.17) is 11.6 Å². The van der Waals surface area contributed by atoms with Gasteiger partial charge in [-0.1, -0.05) is 31.5 Å². The minimum Gasteiger partial charge on any atom is -0.229 e. The number of benzene rings is 1. The second kappa shape index (κ2) is 8.89. The number of hydrogen-bond acceptors (Lipinski definition) is 6. The Morgan fingerprint density at radius 2 is 1.85 bits per heavy atom. The van der Waals surface area contributed by atoms with Crippen molar-refractivity contribution in [1.29, 1.82) is 0 Å². The minimum absolute atomic E-state index is 0.00511. The lowest BCUT2D eigenvalue weighted by Crippen LogP contribution is -2.37. The molecule has 0 unspecified atom stereocenters. The summed E-state index contributed by atoms with van der Waals surface area (Å²) in [6.45, 7) is 4.36. The largest absolute Gasteiger partial charge is 0.229 e. The first-order chi connectivity index (χ1) is 18.4. The van der Waals surface area contributed by atoms with Crippen molar-refractivity contribution in [2.45, 2.75) is 44.4 Å². The van der Waals surface area contributed by atoms with Gasteiger partial charge in [0.15, 0.2) is 5.82 Å². The molecule has 0 amide bonds. The van der Waals surface area contributed by atoms with Gasteiger partial charge in [-0.2, -0.15) is 10.2 Å². The van der Waals surface area contributed by atoms with E-state index in [1.807, 2.05) is 12.1 Å². The van der Waals surface area contributed by atoms with Gasteiger partial charge in [-0.15, -0.1) is 5.10 Å². The van der Waals surface area contributed by atoms with Crippen LogP contribution in [0.1, 0.15) is 55.1 Å². The molecule has 11 heteroatoms. The molecule has 0 aliphatic heterocycles. The fourth-order valence-electron chi connectivity index (χ4n) is 6.59. The van der Waals surface area contributed by atoms with E-state index >= 15 is 0 Å². The Kier molecular flexibility index (Phi) is 5.93. The van der Waals surface area contributed by atoms with Crippen LogP contribution < -0.4 is 0 Å². The zero-order valence-corrected chi connectivity index (χ0v) is 23.2. The van der Waals surface area contributed by atoms with Gasteiger partial charge in [0.25, 0.3) is 0 Å². The first-order valence-electron chi connectivity index (χ1n) is 12.6. The number of sulfone groups is 1. The van der Waals surface area contributed by atoms with Crippen molar-refractivity contribution in [2.75, 3.05) is 12.0 Å². The van der Waals surface area contributed by atoms with Crippen molar-refractivity contribution in [2.24, 2.45) is 5.41 Å². The van der Waals surface area contributed by atoms with Gasteiger partial charge in [0.1, 0.15) is 26.6 Å². The molecule has 6 rings (SSSR count).